The largest absolute Gasteiger partial charge is 0.293 e. The molecule has 2 nitrogen and oxygen atoms in total. The van der Waals surface area contributed by atoms with Crippen molar-refractivity contribution >= 4 is 17.4 Å². The number of likely N-dealkylation sites (tertiary alicyclic amines) is 1. The van der Waals surface area contributed by atoms with Crippen LogP contribution < -0.4 is 0 Å². The van der Waals surface area contributed by atoms with Gasteiger partial charge in [0.2, 0.25) is 0 Å². The Labute approximate surface area is 114 Å². The minimum Gasteiger partial charge on any atom is -0.293 e. The van der Waals surface area contributed by atoms with Crippen molar-refractivity contribution in [2.45, 2.75) is 32.7 Å². The Morgan fingerprint density at radius 3 is 2.61 bits per heavy atom. The van der Waals surface area contributed by atoms with Gasteiger partial charge in [0, 0.05) is 23.2 Å². The lowest BCUT2D eigenvalue weighted by Crippen LogP contribution is -2.43. The van der Waals surface area contributed by atoms with Gasteiger partial charge in [-0.2, -0.15) is 0 Å². The molecule has 1 aliphatic heterocycles. The number of ketones is 1. The van der Waals surface area contributed by atoms with Gasteiger partial charge in [0.15, 0.2) is 5.78 Å². The lowest BCUT2D eigenvalue weighted by atomic mass is 9.94. The van der Waals surface area contributed by atoms with E-state index in [2.05, 4.69) is 18.7 Å². The highest BCUT2D eigenvalue weighted by Gasteiger charge is 2.24. The summed E-state index contributed by atoms with van der Waals surface area (Å²) in [6.07, 6.45) is 2.46. The lowest BCUT2D eigenvalue weighted by Gasteiger charge is -2.36. The molecule has 1 aromatic carbocycles. The average molecular weight is 266 g/mol. The molecule has 1 aromatic rings. The van der Waals surface area contributed by atoms with E-state index in [-0.39, 0.29) is 5.78 Å². The van der Waals surface area contributed by atoms with E-state index in [9.17, 15) is 4.79 Å². The normalized spacial score (nSPS) is 25.1. The summed E-state index contributed by atoms with van der Waals surface area (Å²) in [5.41, 5.74) is 0.754. The molecule has 0 saturated carbocycles. The van der Waals surface area contributed by atoms with Crippen LogP contribution in [0.1, 0.15) is 37.0 Å². The van der Waals surface area contributed by atoms with E-state index < -0.39 is 0 Å². The van der Waals surface area contributed by atoms with Gasteiger partial charge < -0.3 is 0 Å². The summed E-state index contributed by atoms with van der Waals surface area (Å²) in [6, 6.07) is 7.68. The van der Waals surface area contributed by atoms with E-state index in [0.29, 0.717) is 23.5 Å². The zero-order valence-electron chi connectivity index (χ0n) is 11.0. The van der Waals surface area contributed by atoms with Crippen molar-refractivity contribution in [3.63, 3.8) is 0 Å². The van der Waals surface area contributed by atoms with Gasteiger partial charge in [0.1, 0.15) is 0 Å². The molecule has 0 spiro atoms. The fourth-order valence-corrected chi connectivity index (χ4v) is 2.64. The van der Waals surface area contributed by atoms with Gasteiger partial charge >= 0.3 is 0 Å². The number of Topliss-reactive ketones (excluding diaryl/α,β-unsaturated/α-hetero) is 1. The first-order valence-electron chi connectivity index (χ1n) is 6.59. The topological polar surface area (TPSA) is 20.3 Å². The van der Waals surface area contributed by atoms with Crippen molar-refractivity contribution in [1.82, 2.24) is 4.90 Å². The minimum atomic E-state index is 0.188. The Kier molecular flexibility index (Phi) is 4.41. The van der Waals surface area contributed by atoms with Gasteiger partial charge in [-0.25, -0.2) is 0 Å². The third-order valence-electron chi connectivity index (χ3n) is 3.76. The van der Waals surface area contributed by atoms with Crippen molar-refractivity contribution in [3.05, 3.63) is 34.9 Å². The molecule has 0 aromatic heterocycles. The van der Waals surface area contributed by atoms with Gasteiger partial charge in [0.05, 0.1) is 6.54 Å². The van der Waals surface area contributed by atoms with E-state index in [1.165, 1.54) is 12.8 Å². The molecular weight excluding hydrogens is 246 g/mol. The molecule has 0 N–H and O–H groups in total. The third-order valence-corrected chi connectivity index (χ3v) is 4.01. The molecule has 0 bridgehead atoms. The fraction of sp³-hybridized carbons (Fsp3) is 0.533. The van der Waals surface area contributed by atoms with Crippen LogP contribution in [0.15, 0.2) is 24.3 Å². The molecule has 0 amide bonds. The Morgan fingerprint density at radius 1 is 1.28 bits per heavy atom. The van der Waals surface area contributed by atoms with Gasteiger partial charge in [-0.3, -0.25) is 9.69 Å². The summed E-state index contributed by atoms with van der Waals surface area (Å²) in [4.78, 5) is 14.5. The predicted octanol–water partition coefficient (Wildman–Crippen LogP) is 3.64. The maximum Gasteiger partial charge on any atom is 0.176 e. The third kappa shape index (κ3) is 3.33. The molecular formula is C15H20ClNO. The van der Waals surface area contributed by atoms with Crippen molar-refractivity contribution in [1.29, 1.82) is 0 Å². The smallest absolute Gasteiger partial charge is 0.176 e. The molecule has 98 valence electrons. The van der Waals surface area contributed by atoms with Crippen LogP contribution in [0.2, 0.25) is 5.02 Å². The highest BCUT2D eigenvalue weighted by molar-refractivity contribution is 6.30. The maximum absolute atomic E-state index is 12.2. The van der Waals surface area contributed by atoms with Crippen LogP contribution in [-0.2, 0) is 0 Å². The quantitative estimate of drug-likeness (QED) is 0.778. The van der Waals surface area contributed by atoms with Gasteiger partial charge in [-0.15, -0.1) is 0 Å². The number of carbonyl (C=O) groups is 1. The van der Waals surface area contributed by atoms with Crippen molar-refractivity contribution < 1.29 is 4.79 Å². The first-order valence-corrected chi connectivity index (χ1v) is 6.97. The van der Waals surface area contributed by atoms with E-state index in [1.807, 2.05) is 12.1 Å². The van der Waals surface area contributed by atoms with E-state index in [0.717, 1.165) is 12.1 Å². The van der Waals surface area contributed by atoms with Gasteiger partial charge in [-0.1, -0.05) is 18.5 Å². The Morgan fingerprint density at radius 2 is 1.94 bits per heavy atom. The summed E-state index contributed by atoms with van der Waals surface area (Å²) in [7, 11) is 0. The zero-order valence-corrected chi connectivity index (χ0v) is 11.8. The first kappa shape index (κ1) is 13.6. The number of hydrogen-bond acceptors (Lipinski definition) is 2. The molecule has 1 fully saturated rings. The number of halogens is 1. The Hall–Kier alpha value is -0.860. The molecule has 1 aliphatic rings. The van der Waals surface area contributed by atoms with Gasteiger partial charge in [0.25, 0.3) is 0 Å². The molecule has 0 radical (unpaired) electrons. The average Bonchev–Trinajstić information content (AvgIpc) is 2.34. The van der Waals surface area contributed by atoms with E-state index in [1.54, 1.807) is 12.1 Å². The van der Waals surface area contributed by atoms with Crippen molar-refractivity contribution in [3.8, 4) is 0 Å². The summed E-state index contributed by atoms with van der Waals surface area (Å²) < 4.78 is 0. The fourth-order valence-electron chi connectivity index (χ4n) is 2.51. The first-order chi connectivity index (χ1) is 8.56. The molecule has 1 heterocycles. The van der Waals surface area contributed by atoms with E-state index in [4.69, 9.17) is 11.6 Å². The number of nitrogens with zero attached hydrogens (tertiary/aromatic N) is 1. The highest BCUT2D eigenvalue weighted by atomic mass is 35.5. The number of piperidine rings is 1. The Bertz CT molecular complexity index is 415. The summed E-state index contributed by atoms with van der Waals surface area (Å²) in [5, 5.41) is 0.673. The standard InChI is InChI=1S/C15H20ClNO/c1-11-3-4-12(2)17(9-11)10-15(18)13-5-7-14(16)8-6-13/h5-8,11-12H,3-4,9-10H2,1-2H3. The minimum absolute atomic E-state index is 0.188. The molecule has 2 atom stereocenters. The van der Waals surface area contributed by atoms with Crippen LogP contribution in [0.3, 0.4) is 0 Å². The van der Waals surface area contributed by atoms with Crippen LogP contribution >= 0.6 is 11.6 Å². The number of hydrogen-bond donors (Lipinski definition) is 0. The molecule has 3 heteroatoms. The summed E-state index contributed by atoms with van der Waals surface area (Å²) in [5.74, 6) is 0.881. The van der Waals surface area contributed by atoms with Crippen LogP contribution in [-0.4, -0.2) is 29.8 Å². The SMILES string of the molecule is CC1CCC(C)N(CC(=O)c2ccc(Cl)cc2)C1. The van der Waals surface area contributed by atoms with Crippen LogP contribution in [0.5, 0.6) is 0 Å². The van der Waals surface area contributed by atoms with Crippen molar-refractivity contribution in [2.24, 2.45) is 5.92 Å². The Balaban J connectivity index is 2.00. The molecule has 0 aliphatic carbocycles. The van der Waals surface area contributed by atoms with Gasteiger partial charge in [-0.05, 0) is 49.9 Å². The van der Waals surface area contributed by atoms with Crippen LogP contribution in [0, 0.1) is 5.92 Å². The summed E-state index contributed by atoms with van der Waals surface area (Å²) >= 11 is 5.83. The molecule has 1 saturated heterocycles. The zero-order chi connectivity index (χ0) is 13.1. The van der Waals surface area contributed by atoms with Crippen LogP contribution in [0.25, 0.3) is 0 Å². The number of carbonyl (C=O) groups excluding carboxylic acids is 1. The second-order valence-electron chi connectivity index (χ2n) is 5.39. The second-order valence-corrected chi connectivity index (χ2v) is 5.83. The number of benzene rings is 1. The second kappa shape index (κ2) is 5.85. The van der Waals surface area contributed by atoms with E-state index >= 15 is 0 Å². The van der Waals surface area contributed by atoms with Crippen molar-refractivity contribution in [2.75, 3.05) is 13.1 Å². The van der Waals surface area contributed by atoms with Crippen LogP contribution in [0.4, 0.5) is 0 Å². The lowest BCUT2D eigenvalue weighted by molar-refractivity contribution is 0.0805. The molecule has 2 unspecified atom stereocenters. The predicted molar refractivity (Wildman–Crippen MR) is 75.2 cm³/mol. The molecule has 2 rings (SSSR count). The maximum atomic E-state index is 12.2. The monoisotopic (exact) mass is 265 g/mol. The highest BCUT2D eigenvalue weighted by Crippen LogP contribution is 2.21. The molecule has 18 heavy (non-hydrogen) atoms. The number of rotatable bonds is 3. The summed E-state index contributed by atoms with van der Waals surface area (Å²) in [6.45, 7) is 6.01.